The smallest absolute Gasteiger partial charge is 0.250 e. The van der Waals surface area contributed by atoms with Crippen LogP contribution < -0.4 is 15.4 Å². The van der Waals surface area contributed by atoms with Gasteiger partial charge in [-0.25, -0.2) is 4.98 Å². The first-order valence-corrected chi connectivity index (χ1v) is 11.5. The highest BCUT2D eigenvalue weighted by Gasteiger charge is 2.44. The van der Waals surface area contributed by atoms with Crippen molar-refractivity contribution in [3.8, 4) is 11.5 Å². The number of anilines is 2. The summed E-state index contributed by atoms with van der Waals surface area (Å²) in [5, 5.41) is 14.1. The molecule has 0 bridgehead atoms. The van der Waals surface area contributed by atoms with Gasteiger partial charge in [-0.2, -0.15) is 5.10 Å². The van der Waals surface area contributed by atoms with Crippen molar-refractivity contribution in [2.75, 3.05) is 23.8 Å². The number of ketones is 1. The molecule has 0 saturated carbocycles. The number of rotatable bonds is 4. The lowest BCUT2D eigenvalue weighted by Crippen LogP contribution is -2.55. The molecule has 176 valence electrons. The van der Waals surface area contributed by atoms with Gasteiger partial charge in [0.05, 0.1) is 28.0 Å². The number of ether oxygens (including phenoxy) is 2. The molecule has 35 heavy (non-hydrogen) atoms. The van der Waals surface area contributed by atoms with Gasteiger partial charge in [0.25, 0.3) is 0 Å². The minimum atomic E-state index is -0.814. The quantitative estimate of drug-likeness (QED) is 0.360. The van der Waals surface area contributed by atoms with Crippen molar-refractivity contribution in [1.82, 2.24) is 15.2 Å². The van der Waals surface area contributed by atoms with Gasteiger partial charge in [-0.3, -0.25) is 14.7 Å². The van der Waals surface area contributed by atoms with E-state index in [2.05, 4.69) is 25.8 Å². The summed E-state index contributed by atoms with van der Waals surface area (Å²) in [6, 6.07) is 14.2. The Morgan fingerprint density at radius 3 is 2.66 bits per heavy atom. The maximum atomic E-state index is 13.6. The number of nitrogens with zero attached hydrogens (tertiary/aromatic N) is 2. The second kappa shape index (κ2) is 8.37. The lowest BCUT2D eigenvalue weighted by atomic mass is 9.86. The number of carbonyl (C=O) groups is 2. The molecule has 4 heterocycles. The van der Waals surface area contributed by atoms with Crippen LogP contribution >= 0.6 is 11.6 Å². The average Bonchev–Trinajstić information content (AvgIpc) is 3.31. The van der Waals surface area contributed by atoms with E-state index in [1.54, 1.807) is 18.2 Å². The Morgan fingerprint density at radius 2 is 1.89 bits per heavy atom. The van der Waals surface area contributed by atoms with Crippen LogP contribution in [-0.2, 0) is 9.53 Å². The van der Waals surface area contributed by atoms with Crippen molar-refractivity contribution in [2.24, 2.45) is 0 Å². The number of benzene rings is 2. The third kappa shape index (κ3) is 3.69. The fourth-order valence-corrected chi connectivity index (χ4v) is 4.75. The van der Waals surface area contributed by atoms with Crippen molar-refractivity contribution < 1.29 is 19.1 Å². The molecule has 3 N–H and O–H groups in total. The van der Waals surface area contributed by atoms with Crippen LogP contribution in [0.5, 0.6) is 11.5 Å². The molecule has 4 aromatic rings. The summed E-state index contributed by atoms with van der Waals surface area (Å²) in [4.78, 5) is 30.8. The summed E-state index contributed by atoms with van der Waals surface area (Å²) < 4.78 is 11.3. The van der Waals surface area contributed by atoms with Crippen LogP contribution in [0, 0.1) is 0 Å². The number of nitrogens with one attached hydrogen (secondary N) is 3. The molecule has 0 radical (unpaired) electrons. The first-order chi connectivity index (χ1) is 17.0. The standard InChI is InChI=1S/C25H20ClN5O4/c26-17-12-15(35-14-4-2-1-3-5-14)6-7-16(17)22(32)21-19-20-18(13-27-23(19)31-30-21)28-24(33)25(29-20)8-10-34-11-9-25/h1-7,12-13,29H,8-11H2,(H,28,33)(H,27,30,31). The number of amides is 1. The van der Waals surface area contributed by atoms with E-state index in [9.17, 15) is 9.59 Å². The van der Waals surface area contributed by atoms with Crippen LogP contribution in [0.3, 0.4) is 0 Å². The molecule has 2 aliphatic heterocycles. The van der Waals surface area contributed by atoms with E-state index in [0.29, 0.717) is 60.0 Å². The van der Waals surface area contributed by atoms with Gasteiger partial charge in [0.2, 0.25) is 11.7 Å². The highest BCUT2D eigenvalue weighted by molar-refractivity contribution is 6.35. The van der Waals surface area contributed by atoms with Gasteiger partial charge in [-0.15, -0.1) is 0 Å². The molecule has 1 spiro atoms. The summed E-state index contributed by atoms with van der Waals surface area (Å²) >= 11 is 6.50. The molecule has 0 aliphatic carbocycles. The van der Waals surface area contributed by atoms with Gasteiger partial charge in [0.15, 0.2) is 5.65 Å². The number of fused-ring (bicyclic) bond motifs is 3. The molecule has 1 fully saturated rings. The predicted octanol–water partition coefficient (Wildman–Crippen LogP) is 4.55. The molecule has 1 saturated heterocycles. The van der Waals surface area contributed by atoms with E-state index >= 15 is 0 Å². The van der Waals surface area contributed by atoms with E-state index < -0.39 is 5.54 Å². The zero-order valence-electron chi connectivity index (χ0n) is 18.4. The van der Waals surface area contributed by atoms with Gasteiger partial charge in [0.1, 0.15) is 22.7 Å². The summed E-state index contributed by atoms with van der Waals surface area (Å²) in [6.07, 6.45) is 2.56. The summed E-state index contributed by atoms with van der Waals surface area (Å²) in [5.74, 6) is 0.689. The van der Waals surface area contributed by atoms with Crippen LogP contribution in [-0.4, -0.2) is 45.6 Å². The number of pyridine rings is 1. The van der Waals surface area contributed by atoms with E-state index in [4.69, 9.17) is 21.1 Å². The molecule has 2 aromatic heterocycles. The highest BCUT2D eigenvalue weighted by Crippen LogP contribution is 2.41. The average molecular weight is 490 g/mol. The van der Waals surface area contributed by atoms with Gasteiger partial charge in [-0.05, 0) is 24.3 Å². The second-order valence-corrected chi connectivity index (χ2v) is 8.91. The zero-order chi connectivity index (χ0) is 24.0. The first-order valence-electron chi connectivity index (χ1n) is 11.2. The Hall–Kier alpha value is -3.95. The van der Waals surface area contributed by atoms with E-state index in [0.717, 1.165) is 0 Å². The molecule has 0 unspecified atom stereocenters. The number of halogens is 1. The Morgan fingerprint density at radius 1 is 1.09 bits per heavy atom. The minimum absolute atomic E-state index is 0.136. The number of hydrogen-bond acceptors (Lipinski definition) is 7. The molecule has 10 heteroatoms. The second-order valence-electron chi connectivity index (χ2n) is 8.50. The fourth-order valence-electron chi connectivity index (χ4n) is 4.49. The molecule has 2 aromatic carbocycles. The molecule has 9 nitrogen and oxygen atoms in total. The number of carbonyl (C=O) groups excluding carboxylic acids is 2. The first kappa shape index (κ1) is 21.6. The number of aromatic amines is 1. The topological polar surface area (TPSA) is 118 Å². The number of hydrogen-bond donors (Lipinski definition) is 3. The third-order valence-electron chi connectivity index (χ3n) is 6.37. The maximum Gasteiger partial charge on any atom is 0.250 e. The summed E-state index contributed by atoms with van der Waals surface area (Å²) in [7, 11) is 0. The summed E-state index contributed by atoms with van der Waals surface area (Å²) in [6.45, 7) is 0.933. The minimum Gasteiger partial charge on any atom is -0.457 e. The fraction of sp³-hybridized carbons (Fsp3) is 0.200. The Balaban J connectivity index is 1.37. The van der Waals surface area contributed by atoms with Gasteiger partial charge >= 0.3 is 0 Å². The van der Waals surface area contributed by atoms with Crippen LogP contribution in [0.2, 0.25) is 5.02 Å². The zero-order valence-corrected chi connectivity index (χ0v) is 19.2. The lowest BCUT2D eigenvalue weighted by Gasteiger charge is -2.41. The largest absolute Gasteiger partial charge is 0.457 e. The Kier molecular flexibility index (Phi) is 5.16. The van der Waals surface area contributed by atoms with Gasteiger partial charge < -0.3 is 20.1 Å². The van der Waals surface area contributed by atoms with Crippen molar-refractivity contribution in [3.63, 3.8) is 0 Å². The SMILES string of the molecule is O=C(c1ccc(Oc2ccccc2)cc1Cl)c1[nH]nc2ncc3c(c12)NC1(CCOCC1)C(=O)N3. The van der Waals surface area contributed by atoms with Gasteiger partial charge in [-0.1, -0.05) is 29.8 Å². The molecule has 2 aliphatic rings. The van der Waals surface area contributed by atoms with E-state index in [1.165, 1.54) is 6.20 Å². The summed E-state index contributed by atoms with van der Waals surface area (Å²) in [5.41, 5.74) is 1.16. The molecule has 1 amide bonds. The Bertz CT molecular complexity index is 1460. The van der Waals surface area contributed by atoms with Crippen LogP contribution in [0.15, 0.2) is 54.7 Å². The maximum absolute atomic E-state index is 13.6. The molecular formula is C25H20ClN5O4. The van der Waals surface area contributed by atoms with Crippen molar-refractivity contribution >= 4 is 45.7 Å². The van der Waals surface area contributed by atoms with E-state index in [-0.39, 0.29) is 28.0 Å². The molecular weight excluding hydrogens is 470 g/mol. The van der Waals surface area contributed by atoms with Crippen molar-refractivity contribution in [3.05, 3.63) is 71.0 Å². The Labute approximate surface area is 204 Å². The predicted molar refractivity (Wildman–Crippen MR) is 130 cm³/mol. The van der Waals surface area contributed by atoms with Crippen molar-refractivity contribution in [2.45, 2.75) is 18.4 Å². The number of aromatic nitrogens is 3. The molecule has 0 atom stereocenters. The number of H-pyrrole nitrogens is 1. The number of para-hydroxylation sites is 1. The highest BCUT2D eigenvalue weighted by atomic mass is 35.5. The van der Waals surface area contributed by atoms with Crippen LogP contribution in [0.4, 0.5) is 11.4 Å². The van der Waals surface area contributed by atoms with E-state index in [1.807, 2.05) is 30.3 Å². The van der Waals surface area contributed by atoms with Crippen LogP contribution in [0.25, 0.3) is 11.0 Å². The molecule has 6 rings (SSSR count). The normalized spacial score (nSPS) is 16.4. The van der Waals surface area contributed by atoms with Gasteiger partial charge in [0, 0.05) is 37.7 Å². The van der Waals surface area contributed by atoms with Crippen molar-refractivity contribution in [1.29, 1.82) is 0 Å². The third-order valence-corrected chi connectivity index (χ3v) is 6.68. The lowest BCUT2D eigenvalue weighted by molar-refractivity contribution is -0.123. The van der Waals surface area contributed by atoms with Crippen LogP contribution in [0.1, 0.15) is 28.9 Å². The monoisotopic (exact) mass is 489 g/mol.